The Hall–Kier alpha value is -2.16. The van der Waals surface area contributed by atoms with E-state index in [1.165, 1.54) is 59.9 Å². The van der Waals surface area contributed by atoms with Gasteiger partial charge >= 0.3 is 5.69 Å². The summed E-state index contributed by atoms with van der Waals surface area (Å²) in [5.74, 6) is 1.35. The molecule has 0 aromatic heterocycles. The quantitative estimate of drug-likeness (QED) is 0.349. The van der Waals surface area contributed by atoms with Gasteiger partial charge in [-0.3, -0.25) is 20.2 Å². The highest BCUT2D eigenvalue weighted by Crippen LogP contribution is 2.59. The number of hydrogen-bond acceptors (Lipinski definition) is 8. The van der Waals surface area contributed by atoms with Gasteiger partial charge in [-0.05, 0) is 47.5 Å². The lowest BCUT2D eigenvalue weighted by atomic mass is 10.3. The van der Waals surface area contributed by atoms with Gasteiger partial charge < -0.3 is 9.05 Å². The van der Waals surface area contributed by atoms with Crippen molar-refractivity contribution in [1.82, 2.24) is 0 Å². The summed E-state index contributed by atoms with van der Waals surface area (Å²) in [5, 5.41) is 21.4. The summed E-state index contributed by atoms with van der Waals surface area (Å²) in [7, 11) is 0. The van der Waals surface area contributed by atoms with Crippen LogP contribution >= 0.6 is 17.1 Å². The van der Waals surface area contributed by atoms with Crippen LogP contribution in [0.5, 0.6) is 11.5 Å². The highest BCUT2D eigenvalue weighted by atomic mass is 32.9. The molecule has 25 heavy (non-hydrogen) atoms. The molecule has 0 aliphatic heterocycles. The smallest absolute Gasteiger partial charge is 0.348 e. The second-order valence-electron chi connectivity index (χ2n) is 4.55. The number of hydrogen-bond donors (Lipinski definition) is 0. The van der Waals surface area contributed by atoms with Crippen molar-refractivity contribution in [3.8, 4) is 11.5 Å². The first-order chi connectivity index (χ1) is 11.8. The Morgan fingerprint density at radius 2 is 1.28 bits per heavy atom. The summed E-state index contributed by atoms with van der Waals surface area (Å²) in [5.41, 5.74) is -2.94. The predicted octanol–water partition coefficient (Wildman–Crippen LogP) is 4.94. The van der Waals surface area contributed by atoms with Gasteiger partial charge in [0.25, 0.3) is 11.4 Å². The van der Waals surface area contributed by atoms with Crippen LogP contribution in [0.25, 0.3) is 0 Å². The Morgan fingerprint density at radius 3 is 1.56 bits per heavy atom. The molecule has 8 nitrogen and oxygen atoms in total. The van der Waals surface area contributed by atoms with Gasteiger partial charge in [0, 0.05) is 30.0 Å². The molecule has 0 aliphatic rings. The lowest BCUT2D eigenvalue weighted by Gasteiger charge is -2.22. The first-order valence-electron chi connectivity index (χ1n) is 6.95. The second-order valence-corrected chi connectivity index (χ2v) is 11.0. The van der Waals surface area contributed by atoms with Crippen molar-refractivity contribution in [2.45, 2.75) is 6.92 Å². The molecular weight excluding hydrogens is 387 g/mol. The van der Waals surface area contributed by atoms with E-state index in [2.05, 4.69) is 0 Å². The van der Waals surface area contributed by atoms with Crippen LogP contribution in [0.15, 0.2) is 48.5 Å². The van der Waals surface area contributed by atoms with Crippen LogP contribution < -0.4 is 9.05 Å². The average molecular weight is 400 g/mol. The number of nitrogens with zero attached hydrogens (tertiary/aromatic N) is 2. The summed E-state index contributed by atoms with van der Waals surface area (Å²) >= 11 is 6.80. The molecular formula is C14H13N2O6PS2. The van der Waals surface area contributed by atoms with Gasteiger partial charge in [0.15, 0.2) is 0 Å². The number of benzene rings is 2. The van der Waals surface area contributed by atoms with E-state index in [1.807, 2.05) is 6.92 Å². The van der Waals surface area contributed by atoms with Crippen LogP contribution in [0.1, 0.15) is 6.92 Å². The van der Waals surface area contributed by atoms with E-state index in [9.17, 15) is 20.2 Å². The van der Waals surface area contributed by atoms with Gasteiger partial charge in [0.1, 0.15) is 11.5 Å². The van der Waals surface area contributed by atoms with Gasteiger partial charge in [-0.25, -0.2) is 0 Å². The topological polar surface area (TPSA) is 105 Å². The molecule has 132 valence electrons. The highest BCUT2D eigenvalue weighted by molar-refractivity contribution is 8.68. The zero-order valence-corrected chi connectivity index (χ0v) is 15.5. The number of nitro benzene ring substituents is 2. The van der Waals surface area contributed by atoms with Crippen LogP contribution in [0.2, 0.25) is 0 Å². The van der Waals surface area contributed by atoms with Crippen molar-refractivity contribution < 1.29 is 18.9 Å². The summed E-state index contributed by atoms with van der Waals surface area (Å²) < 4.78 is 11.5. The zero-order chi connectivity index (χ0) is 18.4. The Labute approximate surface area is 152 Å². The predicted molar refractivity (Wildman–Crippen MR) is 99.9 cm³/mol. The van der Waals surface area contributed by atoms with Gasteiger partial charge in [-0.1, -0.05) is 6.92 Å². The fraction of sp³-hybridized carbons (Fsp3) is 0.143. The van der Waals surface area contributed by atoms with Crippen molar-refractivity contribution in [3.63, 3.8) is 0 Å². The third kappa shape index (κ3) is 5.42. The van der Waals surface area contributed by atoms with E-state index < -0.39 is 15.5 Å². The molecule has 0 aliphatic carbocycles. The molecule has 2 aromatic rings. The van der Waals surface area contributed by atoms with Gasteiger partial charge in [-0.15, -0.1) is 0 Å². The molecule has 0 radical (unpaired) electrons. The largest absolute Gasteiger partial charge is 0.428 e. The van der Waals surface area contributed by atoms with Gasteiger partial charge in [0.2, 0.25) is 0 Å². The minimum Gasteiger partial charge on any atom is -0.428 e. The molecule has 0 atom stereocenters. The standard InChI is InChI=1S/C14H13N2O6PS2/c1-2-25-23(24,21-13-7-3-11(4-8-13)15(17)18)22-14-9-5-12(6-10-14)16(19)20/h3-10H,2H2,1H3. The summed E-state index contributed by atoms with van der Waals surface area (Å²) in [6.45, 7) is 1.89. The van der Waals surface area contributed by atoms with Crippen molar-refractivity contribution in [2.24, 2.45) is 0 Å². The Bertz CT molecular complexity index is 750. The van der Waals surface area contributed by atoms with Crippen LogP contribution in [0, 0.1) is 20.2 Å². The average Bonchev–Trinajstić information content (AvgIpc) is 2.55. The third-order valence-electron chi connectivity index (χ3n) is 2.82. The van der Waals surface area contributed by atoms with Crippen LogP contribution in [0.3, 0.4) is 0 Å². The monoisotopic (exact) mass is 400 g/mol. The molecule has 0 bridgehead atoms. The van der Waals surface area contributed by atoms with Crippen LogP contribution in [0.4, 0.5) is 11.4 Å². The Morgan fingerprint density at radius 1 is 0.920 bits per heavy atom. The molecule has 11 heteroatoms. The summed E-state index contributed by atoms with van der Waals surface area (Å²) in [6.07, 6.45) is 0. The van der Waals surface area contributed by atoms with E-state index in [-0.39, 0.29) is 11.4 Å². The maximum atomic E-state index is 10.7. The lowest BCUT2D eigenvalue weighted by Crippen LogP contribution is -1.98. The van der Waals surface area contributed by atoms with E-state index in [0.717, 1.165) is 0 Å². The zero-order valence-electron chi connectivity index (χ0n) is 12.9. The molecule has 0 heterocycles. The molecule has 0 unspecified atom stereocenters. The summed E-state index contributed by atoms with van der Waals surface area (Å²) in [6, 6.07) is 11.1. The first-order valence-corrected chi connectivity index (χ1v) is 11.2. The third-order valence-corrected chi connectivity index (χ3v) is 7.83. The number of rotatable bonds is 8. The van der Waals surface area contributed by atoms with E-state index in [1.54, 1.807) is 0 Å². The fourth-order valence-electron chi connectivity index (χ4n) is 1.75. The number of non-ortho nitro benzene ring substituents is 2. The normalized spacial score (nSPS) is 10.9. The molecule has 0 saturated carbocycles. The lowest BCUT2D eigenvalue weighted by molar-refractivity contribution is -0.385. The molecule has 2 aromatic carbocycles. The molecule has 0 amide bonds. The Balaban J connectivity index is 2.17. The van der Waals surface area contributed by atoms with Crippen molar-refractivity contribution in [2.75, 3.05) is 5.75 Å². The van der Waals surface area contributed by atoms with Crippen molar-refractivity contribution >= 4 is 40.3 Å². The highest BCUT2D eigenvalue weighted by Gasteiger charge is 2.23. The van der Waals surface area contributed by atoms with Gasteiger partial charge in [-0.2, -0.15) is 0 Å². The maximum Gasteiger partial charge on any atom is 0.348 e. The second kappa shape index (κ2) is 8.28. The molecule has 0 N–H and O–H groups in total. The first kappa shape index (κ1) is 19.2. The molecule has 2 rings (SSSR count). The van der Waals surface area contributed by atoms with E-state index >= 15 is 0 Å². The minimum absolute atomic E-state index is 0.0555. The van der Waals surface area contributed by atoms with E-state index in [0.29, 0.717) is 17.3 Å². The van der Waals surface area contributed by atoms with Gasteiger partial charge in [0.05, 0.1) is 9.85 Å². The molecule has 0 fully saturated rings. The van der Waals surface area contributed by atoms with Crippen molar-refractivity contribution in [3.05, 3.63) is 68.8 Å². The summed E-state index contributed by atoms with van der Waals surface area (Å²) in [4.78, 5) is 20.4. The van der Waals surface area contributed by atoms with E-state index in [4.69, 9.17) is 20.9 Å². The maximum absolute atomic E-state index is 10.7. The fourth-order valence-corrected chi connectivity index (χ4v) is 6.21. The number of nitro groups is 2. The van der Waals surface area contributed by atoms with Crippen LogP contribution in [-0.4, -0.2) is 15.6 Å². The van der Waals surface area contributed by atoms with Crippen LogP contribution in [-0.2, 0) is 11.8 Å². The SMILES string of the molecule is CCSP(=S)(Oc1ccc([N+](=O)[O-])cc1)Oc1ccc([N+](=O)[O-])cc1. The molecule has 0 spiro atoms. The van der Waals surface area contributed by atoms with Crippen molar-refractivity contribution in [1.29, 1.82) is 0 Å². The Kier molecular flexibility index (Phi) is 6.35. The molecule has 0 saturated heterocycles. The minimum atomic E-state index is -2.83.